The fraction of sp³-hybridized carbons (Fsp3) is 0.923. The number of sulfonamides is 1. The predicted octanol–water partition coefficient (Wildman–Crippen LogP) is -0.130. The van der Waals surface area contributed by atoms with Crippen LogP contribution in [0.15, 0.2) is 0 Å². The van der Waals surface area contributed by atoms with Crippen LogP contribution >= 0.6 is 0 Å². The molecule has 0 aromatic carbocycles. The van der Waals surface area contributed by atoms with Gasteiger partial charge in [-0.25, -0.2) is 8.42 Å². The highest BCUT2D eigenvalue weighted by Crippen LogP contribution is 2.27. The van der Waals surface area contributed by atoms with Gasteiger partial charge in [0.15, 0.2) is 0 Å². The molecule has 2 saturated heterocycles. The minimum atomic E-state index is -3.13. The highest BCUT2D eigenvalue weighted by atomic mass is 32.2. The van der Waals surface area contributed by atoms with Crippen LogP contribution in [-0.2, 0) is 14.8 Å². The number of nitrogens with one attached hydrogen (secondary N) is 1. The summed E-state index contributed by atoms with van der Waals surface area (Å²) in [6.07, 6.45) is 1.49. The lowest BCUT2D eigenvalue weighted by atomic mass is 9.88. The summed E-state index contributed by atoms with van der Waals surface area (Å²) in [5.41, 5.74) is -0.315. The summed E-state index contributed by atoms with van der Waals surface area (Å²) < 4.78 is 25.5. The van der Waals surface area contributed by atoms with Crippen molar-refractivity contribution in [3.63, 3.8) is 0 Å². The summed E-state index contributed by atoms with van der Waals surface area (Å²) in [6, 6.07) is 0. The Morgan fingerprint density at radius 3 is 2.40 bits per heavy atom. The molecule has 1 unspecified atom stereocenters. The summed E-state index contributed by atoms with van der Waals surface area (Å²) in [5.74, 6) is 0.359. The summed E-state index contributed by atoms with van der Waals surface area (Å²) in [4.78, 5) is 14.3. The second-order valence-corrected chi connectivity index (χ2v) is 8.08. The van der Waals surface area contributed by atoms with E-state index in [1.807, 2.05) is 18.7 Å². The molecular formula is C13H25N3O3S. The zero-order valence-corrected chi connectivity index (χ0v) is 13.2. The lowest BCUT2D eigenvalue weighted by Crippen LogP contribution is -2.54. The second kappa shape index (κ2) is 5.99. The van der Waals surface area contributed by atoms with E-state index in [0.29, 0.717) is 32.6 Å². The summed E-state index contributed by atoms with van der Waals surface area (Å²) in [7, 11) is -3.13. The number of carbonyl (C=O) groups excluding carboxylic acids is 1. The summed E-state index contributed by atoms with van der Waals surface area (Å²) >= 11 is 0. The lowest BCUT2D eigenvalue weighted by Gasteiger charge is -2.37. The molecule has 2 fully saturated rings. The molecule has 0 aromatic rings. The van der Waals surface area contributed by atoms with Crippen molar-refractivity contribution in [1.82, 2.24) is 14.5 Å². The van der Waals surface area contributed by atoms with Crippen molar-refractivity contribution in [2.45, 2.75) is 26.7 Å². The maximum Gasteiger partial charge on any atom is 0.229 e. The van der Waals surface area contributed by atoms with Gasteiger partial charge in [0.1, 0.15) is 0 Å². The van der Waals surface area contributed by atoms with Gasteiger partial charge >= 0.3 is 0 Å². The van der Waals surface area contributed by atoms with Crippen molar-refractivity contribution >= 4 is 15.9 Å². The smallest absolute Gasteiger partial charge is 0.229 e. The van der Waals surface area contributed by atoms with Gasteiger partial charge < -0.3 is 10.2 Å². The Labute approximate surface area is 121 Å². The molecule has 2 heterocycles. The van der Waals surface area contributed by atoms with Gasteiger partial charge in [-0.3, -0.25) is 4.79 Å². The van der Waals surface area contributed by atoms with Crippen LogP contribution in [0.1, 0.15) is 26.7 Å². The molecule has 6 nitrogen and oxygen atoms in total. The number of hydrogen-bond donors (Lipinski definition) is 1. The van der Waals surface area contributed by atoms with Crippen LogP contribution in [0.25, 0.3) is 0 Å². The first-order valence-corrected chi connectivity index (χ1v) is 8.98. The van der Waals surface area contributed by atoms with Crippen LogP contribution in [0.4, 0.5) is 0 Å². The Balaban J connectivity index is 1.93. The average Bonchev–Trinajstić information content (AvgIpc) is 2.86. The van der Waals surface area contributed by atoms with Crippen LogP contribution in [0.2, 0.25) is 0 Å². The number of piperazine rings is 1. The van der Waals surface area contributed by atoms with E-state index in [4.69, 9.17) is 0 Å². The topological polar surface area (TPSA) is 69.7 Å². The molecule has 0 aliphatic carbocycles. The average molecular weight is 303 g/mol. The molecule has 7 heteroatoms. The minimum absolute atomic E-state index is 0.162. The molecule has 0 spiro atoms. The zero-order chi connectivity index (χ0) is 14.8. The number of nitrogens with zero attached hydrogens (tertiary/aromatic N) is 2. The molecule has 0 radical (unpaired) electrons. The first-order valence-electron chi connectivity index (χ1n) is 7.37. The van der Waals surface area contributed by atoms with Crippen molar-refractivity contribution < 1.29 is 13.2 Å². The van der Waals surface area contributed by atoms with Gasteiger partial charge in [-0.2, -0.15) is 4.31 Å². The third-order valence-corrected chi connectivity index (χ3v) is 6.34. The van der Waals surface area contributed by atoms with Crippen LogP contribution in [0.3, 0.4) is 0 Å². The first-order chi connectivity index (χ1) is 9.39. The summed E-state index contributed by atoms with van der Waals surface area (Å²) in [6.45, 7) is 7.35. The van der Waals surface area contributed by atoms with E-state index in [0.717, 1.165) is 19.5 Å². The van der Waals surface area contributed by atoms with Gasteiger partial charge in [-0.1, -0.05) is 6.92 Å². The number of rotatable bonds is 4. The van der Waals surface area contributed by atoms with Gasteiger partial charge in [0, 0.05) is 32.7 Å². The Hall–Kier alpha value is -0.660. The molecule has 1 N–H and O–H groups in total. The van der Waals surface area contributed by atoms with Crippen LogP contribution in [0, 0.1) is 5.41 Å². The molecule has 1 atom stereocenters. The zero-order valence-electron chi connectivity index (χ0n) is 12.4. The van der Waals surface area contributed by atoms with E-state index in [1.54, 1.807) is 0 Å². The van der Waals surface area contributed by atoms with E-state index in [2.05, 4.69) is 5.32 Å². The Bertz CT molecular complexity index is 449. The lowest BCUT2D eigenvalue weighted by molar-refractivity contribution is -0.141. The van der Waals surface area contributed by atoms with Crippen molar-refractivity contribution in [1.29, 1.82) is 0 Å². The highest BCUT2D eigenvalue weighted by molar-refractivity contribution is 7.89. The van der Waals surface area contributed by atoms with E-state index in [1.165, 1.54) is 4.31 Å². The highest BCUT2D eigenvalue weighted by Gasteiger charge is 2.40. The van der Waals surface area contributed by atoms with Crippen molar-refractivity contribution in [2.75, 3.05) is 45.0 Å². The SMILES string of the molecule is CCCS(=O)(=O)N1CCN(C(=O)C2(C)CCNC2)CC1. The van der Waals surface area contributed by atoms with Gasteiger partial charge in [0.05, 0.1) is 11.2 Å². The first kappa shape index (κ1) is 15.7. The maximum absolute atomic E-state index is 12.5. The summed E-state index contributed by atoms with van der Waals surface area (Å²) in [5, 5.41) is 3.23. The normalized spacial score (nSPS) is 28.8. The molecule has 2 aliphatic rings. The Morgan fingerprint density at radius 1 is 1.25 bits per heavy atom. The third-order valence-electron chi connectivity index (χ3n) is 4.27. The number of amides is 1. The molecule has 0 bridgehead atoms. The number of carbonyl (C=O) groups is 1. The van der Waals surface area contributed by atoms with Crippen LogP contribution in [0.5, 0.6) is 0 Å². The second-order valence-electron chi connectivity index (χ2n) is 5.99. The van der Waals surface area contributed by atoms with Gasteiger partial charge in [-0.15, -0.1) is 0 Å². The molecular weight excluding hydrogens is 278 g/mol. The molecule has 1 amide bonds. The fourth-order valence-corrected chi connectivity index (χ4v) is 4.43. The quantitative estimate of drug-likeness (QED) is 0.785. The van der Waals surface area contributed by atoms with Gasteiger partial charge in [0.2, 0.25) is 15.9 Å². The minimum Gasteiger partial charge on any atom is -0.340 e. The van der Waals surface area contributed by atoms with Gasteiger partial charge in [-0.05, 0) is 26.3 Å². The fourth-order valence-electron chi connectivity index (χ4n) is 2.94. The standard InChI is InChI=1S/C13H25N3O3S/c1-3-10-20(18,19)16-8-6-15(7-9-16)12(17)13(2)4-5-14-11-13/h14H,3-11H2,1-2H3. The molecule has 0 saturated carbocycles. The van der Waals surface area contributed by atoms with E-state index >= 15 is 0 Å². The van der Waals surface area contributed by atoms with Gasteiger partial charge in [0.25, 0.3) is 0 Å². The molecule has 20 heavy (non-hydrogen) atoms. The van der Waals surface area contributed by atoms with Crippen molar-refractivity contribution in [3.05, 3.63) is 0 Å². The van der Waals surface area contributed by atoms with Crippen LogP contribution < -0.4 is 5.32 Å². The number of hydrogen-bond acceptors (Lipinski definition) is 4. The third kappa shape index (κ3) is 3.15. The Kier molecular flexibility index (Phi) is 4.71. The maximum atomic E-state index is 12.5. The van der Waals surface area contributed by atoms with Crippen LogP contribution in [-0.4, -0.2) is 68.6 Å². The molecule has 2 rings (SSSR count). The Morgan fingerprint density at radius 2 is 1.90 bits per heavy atom. The molecule has 2 aliphatic heterocycles. The van der Waals surface area contributed by atoms with E-state index in [-0.39, 0.29) is 17.1 Å². The van der Waals surface area contributed by atoms with Crippen molar-refractivity contribution in [2.24, 2.45) is 5.41 Å². The van der Waals surface area contributed by atoms with E-state index in [9.17, 15) is 13.2 Å². The monoisotopic (exact) mass is 303 g/mol. The molecule has 0 aromatic heterocycles. The largest absolute Gasteiger partial charge is 0.340 e. The molecule has 116 valence electrons. The van der Waals surface area contributed by atoms with Crippen molar-refractivity contribution in [3.8, 4) is 0 Å². The van der Waals surface area contributed by atoms with E-state index < -0.39 is 10.0 Å². The predicted molar refractivity (Wildman–Crippen MR) is 77.8 cm³/mol.